The lowest BCUT2D eigenvalue weighted by molar-refractivity contribution is -0.249. The smallest absolute Gasteiger partial charge is 0.308 e. The number of aliphatic hydroxyl groups is 7. The molecule has 4 rings (SSSR count). The molecule has 3 saturated carbocycles. The minimum absolute atomic E-state index is 0.399. The number of aliphatic carboxylic acids is 1. The minimum Gasteiger partial charge on any atom is -0.481 e. The summed E-state index contributed by atoms with van der Waals surface area (Å²) >= 11 is 0.690. The third-order valence-electron chi connectivity index (χ3n) is 6.26. The summed E-state index contributed by atoms with van der Waals surface area (Å²) in [7, 11) is 0. The Balaban J connectivity index is 1.96. The molecule has 30 heavy (non-hydrogen) atoms. The highest BCUT2D eigenvalue weighted by Crippen LogP contribution is 2.54. The molecule has 4 fully saturated rings. The fraction of sp³-hybridized carbons (Fsp3) is 0.882. The van der Waals surface area contributed by atoms with Crippen LogP contribution in [-0.2, 0) is 14.3 Å². The van der Waals surface area contributed by atoms with Crippen molar-refractivity contribution in [2.75, 3.05) is 6.61 Å². The quantitative estimate of drug-likeness (QED) is 0.193. The first-order valence-corrected chi connectivity index (χ1v) is 10.4. The summed E-state index contributed by atoms with van der Waals surface area (Å²) in [5, 5.41) is 82.7. The minimum atomic E-state index is -2.21. The van der Waals surface area contributed by atoms with Crippen molar-refractivity contribution < 1.29 is 55.2 Å². The van der Waals surface area contributed by atoms with E-state index in [4.69, 9.17) is 4.74 Å². The Morgan fingerprint density at radius 2 is 1.77 bits per heavy atom. The highest BCUT2D eigenvalue weighted by Gasteiger charge is 2.68. The summed E-state index contributed by atoms with van der Waals surface area (Å²) in [6.45, 7) is 0.480. The number of hydrogen-bond acceptors (Lipinski definition) is 11. The van der Waals surface area contributed by atoms with E-state index in [0.29, 0.717) is 11.8 Å². The molecule has 0 aromatic carbocycles. The van der Waals surface area contributed by atoms with Gasteiger partial charge in [0.2, 0.25) is 5.91 Å². The van der Waals surface area contributed by atoms with Crippen LogP contribution in [0.2, 0.25) is 0 Å². The molecule has 1 aliphatic heterocycles. The number of aliphatic hydroxyl groups excluding tert-OH is 6. The zero-order valence-corrected chi connectivity index (χ0v) is 16.8. The maximum atomic E-state index is 12.0. The number of carboxylic acids is 1. The zero-order chi connectivity index (χ0) is 22.5. The second kappa shape index (κ2) is 8.48. The number of nitrogens with one attached hydrogen (secondary N) is 1. The number of carbonyl (C=O) groups excluding carboxylic acids is 1. The molecule has 0 unspecified atom stereocenters. The molecule has 1 amide bonds. The van der Waals surface area contributed by atoms with Crippen molar-refractivity contribution in [1.29, 1.82) is 0 Å². The maximum absolute atomic E-state index is 12.0. The van der Waals surface area contributed by atoms with Crippen molar-refractivity contribution >= 4 is 23.6 Å². The van der Waals surface area contributed by atoms with Crippen molar-refractivity contribution in [3.05, 3.63) is 0 Å². The molecule has 12 nitrogen and oxygen atoms in total. The van der Waals surface area contributed by atoms with E-state index < -0.39 is 95.7 Å². The topological polar surface area (TPSA) is 217 Å². The van der Waals surface area contributed by atoms with Crippen LogP contribution in [0.5, 0.6) is 0 Å². The fourth-order valence-electron chi connectivity index (χ4n) is 4.80. The van der Waals surface area contributed by atoms with Gasteiger partial charge in [-0.1, -0.05) is 0 Å². The van der Waals surface area contributed by atoms with E-state index in [-0.39, 0.29) is 0 Å². The number of fused-ring (bicyclic) bond motifs is 3. The first kappa shape index (κ1) is 23.6. The largest absolute Gasteiger partial charge is 0.481 e. The summed E-state index contributed by atoms with van der Waals surface area (Å²) in [6.07, 6.45) is -9.55. The maximum Gasteiger partial charge on any atom is 0.308 e. The van der Waals surface area contributed by atoms with Gasteiger partial charge in [-0.25, -0.2) is 0 Å². The standard InChI is InChI=1S/C17H27NO11S/c1-4(20)18-9-12(24)10(22)6(3-19)29-16(9)30-14-8(15(26)27)7-5(21)2-17(14,28)13(25)11(7)23/h5-14,16,19,21-25,28H,2-3H2,1H3,(H,18,20)(H,26,27)/t5-,6+,7+,8-,9+,10+,11-,12+,13-,14-,16-,17-/m0/s1. The summed E-state index contributed by atoms with van der Waals surface area (Å²) < 4.78 is 5.58. The number of ether oxygens (including phenoxy) is 1. The molecule has 9 N–H and O–H groups in total. The van der Waals surface area contributed by atoms with E-state index in [1.165, 1.54) is 0 Å². The molecule has 1 saturated heterocycles. The molecule has 2 bridgehead atoms. The Bertz CT molecular complexity index is 682. The Labute approximate surface area is 175 Å². The molecule has 4 aliphatic rings. The average molecular weight is 453 g/mol. The Hall–Kier alpha value is -1.03. The van der Waals surface area contributed by atoms with E-state index in [9.17, 15) is 50.4 Å². The van der Waals surface area contributed by atoms with Gasteiger partial charge < -0.3 is 50.9 Å². The van der Waals surface area contributed by atoms with Crippen molar-refractivity contribution in [3.63, 3.8) is 0 Å². The number of amides is 1. The van der Waals surface area contributed by atoms with Gasteiger partial charge in [-0.15, -0.1) is 11.8 Å². The van der Waals surface area contributed by atoms with Gasteiger partial charge in [0.15, 0.2) is 0 Å². The Kier molecular flexibility index (Phi) is 6.68. The molecule has 1 heterocycles. The van der Waals surface area contributed by atoms with Crippen LogP contribution in [0.25, 0.3) is 0 Å². The van der Waals surface area contributed by atoms with E-state index in [1.807, 2.05) is 0 Å². The Morgan fingerprint density at radius 1 is 1.13 bits per heavy atom. The van der Waals surface area contributed by atoms with E-state index in [1.54, 1.807) is 0 Å². The normalized spacial score (nSPS) is 50.9. The predicted molar refractivity (Wildman–Crippen MR) is 98.9 cm³/mol. The molecular formula is C17H27NO11S. The van der Waals surface area contributed by atoms with Crippen LogP contribution in [0.4, 0.5) is 0 Å². The highest BCUT2D eigenvalue weighted by molar-refractivity contribution is 8.00. The average Bonchev–Trinajstić information content (AvgIpc) is 2.65. The van der Waals surface area contributed by atoms with E-state index in [0.717, 1.165) is 6.92 Å². The first-order chi connectivity index (χ1) is 13.9. The third kappa shape index (κ3) is 3.72. The molecule has 0 aromatic heterocycles. The van der Waals surface area contributed by atoms with Gasteiger partial charge in [0.25, 0.3) is 0 Å². The van der Waals surface area contributed by atoms with Gasteiger partial charge in [0.1, 0.15) is 35.5 Å². The molecular weight excluding hydrogens is 426 g/mol. The Morgan fingerprint density at radius 3 is 2.30 bits per heavy atom. The van der Waals surface area contributed by atoms with Gasteiger partial charge in [0.05, 0.1) is 36.0 Å². The fourth-order valence-corrected chi connectivity index (χ4v) is 6.64. The van der Waals surface area contributed by atoms with E-state index >= 15 is 0 Å². The highest BCUT2D eigenvalue weighted by atomic mass is 32.2. The molecule has 0 aromatic rings. The number of hydrogen-bond donors (Lipinski definition) is 9. The molecule has 3 aliphatic carbocycles. The second-order valence-corrected chi connectivity index (χ2v) is 9.37. The van der Waals surface area contributed by atoms with Crippen LogP contribution in [0.15, 0.2) is 0 Å². The van der Waals surface area contributed by atoms with Gasteiger partial charge in [-0.05, 0) is 0 Å². The third-order valence-corrected chi connectivity index (χ3v) is 7.93. The first-order valence-electron chi connectivity index (χ1n) is 9.48. The molecule has 0 radical (unpaired) electrons. The van der Waals surface area contributed by atoms with Crippen molar-refractivity contribution in [2.45, 2.75) is 72.3 Å². The van der Waals surface area contributed by atoms with Crippen LogP contribution in [-0.4, -0.2) is 118 Å². The van der Waals surface area contributed by atoms with Crippen molar-refractivity contribution in [3.8, 4) is 0 Å². The van der Waals surface area contributed by atoms with E-state index in [2.05, 4.69) is 5.32 Å². The lowest BCUT2D eigenvalue weighted by Crippen LogP contribution is -2.75. The summed E-state index contributed by atoms with van der Waals surface area (Å²) in [5.74, 6) is -4.75. The number of rotatable bonds is 5. The monoisotopic (exact) mass is 453 g/mol. The van der Waals surface area contributed by atoms with Gasteiger partial charge in [0, 0.05) is 19.3 Å². The summed E-state index contributed by atoms with van der Waals surface area (Å²) in [5.41, 5.74) is -3.43. The van der Waals surface area contributed by atoms with Gasteiger partial charge in [-0.3, -0.25) is 9.59 Å². The number of carboxylic acid groups (broad SMARTS) is 1. The van der Waals surface area contributed by atoms with Crippen LogP contribution in [0.1, 0.15) is 13.3 Å². The number of carbonyl (C=O) groups is 2. The summed E-state index contributed by atoms with van der Waals surface area (Å²) in [6, 6.07) is -1.23. The lowest BCUT2D eigenvalue weighted by Gasteiger charge is -2.59. The lowest BCUT2D eigenvalue weighted by atomic mass is 9.57. The molecule has 172 valence electrons. The van der Waals surface area contributed by atoms with Gasteiger partial charge in [-0.2, -0.15) is 0 Å². The molecule has 0 spiro atoms. The van der Waals surface area contributed by atoms with Crippen LogP contribution in [0, 0.1) is 11.8 Å². The predicted octanol–water partition coefficient (Wildman–Crippen LogP) is -4.42. The van der Waals surface area contributed by atoms with Crippen molar-refractivity contribution in [2.24, 2.45) is 11.8 Å². The number of thioether (sulfide) groups is 1. The van der Waals surface area contributed by atoms with Crippen LogP contribution < -0.4 is 5.32 Å². The van der Waals surface area contributed by atoms with Crippen LogP contribution in [0.3, 0.4) is 0 Å². The van der Waals surface area contributed by atoms with Crippen LogP contribution >= 0.6 is 11.8 Å². The second-order valence-electron chi connectivity index (χ2n) is 8.13. The van der Waals surface area contributed by atoms with Gasteiger partial charge >= 0.3 is 5.97 Å². The summed E-state index contributed by atoms with van der Waals surface area (Å²) in [4.78, 5) is 23.6. The zero-order valence-electron chi connectivity index (χ0n) is 16.0. The molecule has 12 atom stereocenters. The molecule has 13 heteroatoms. The van der Waals surface area contributed by atoms with Crippen molar-refractivity contribution in [1.82, 2.24) is 5.32 Å². The SMILES string of the molecule is CC(=O)N[C@@H]1[C@@H](O)[C@H](O)[C@@H](CO)O[C@H]1S[C@H]1[C@@H](C(=O)O)[C@@H]2[C@H](O)[C@H](O)[C@@]1(O)C[C@@H]2O.